The van der Waals surface area contributed by atoms with Gasteiger partial charge in [0.1, 0.15) is 12.1 Å². The highest BCUT2D eigenvalue weighted by Crippen LogP contribution is 2.35. The van der Waals surface area contributed by atoms with Gasteiger partial charge in [0.25, 0.3) is 0 Å². The normalized spacial score (nSPS) is 18.3. The largest absolute Gasteiger partial charge is 0.292 e. The maximum absolute atomic E-state index is 4.56. The molecule has 1 atom stereocenters. The Balaban J connectivity index is 1.52. The molecule has 4 heterocycles. The van der Waals surface area contributed by atoms with Crippen molar-refractivity contribution in [3.63, 3.8) is 0 Å². The van der Waals surface area contributed by atoms with Gasteiger partial charge in [0.05, 0.1) is 5.69 Å². The number of hydrogen-bond acceptors (Lipinski definition) is 4. The topological polar surface area (TPSA) is 62.6 Å². The first-order chi connectivity index (χ1) is 11.7. The number of aromatic amines is 1. The van der Waals surface area contributed by atoms with Crippen LogP contribution in [0.25, 0.3) is 5.82 Å². The average Bonchev–Trinajstić information content (AvgIpc) is 3.31. The van der Waals surface area contributed by atoms with E-state index in [0.717, 1.165) is 24.6 Å². The van der Waals surface area contributed by atoms with E-state index in [4.69, 9.17) is 0 Å². The molecule has 0 amide bonds. The second-order valence-electron chi connectivity index (χ2n) is 6.47. The number of imidazole rings is 1. The molecule has 24 heavy (non-hydrogen) atoms. The number of rotatable bonds is 4. The Morgan fingerprint density at radius 2 is 2.21 bits per heavy atom. The van der Waals surface area contributed by atoms with Crippen LogP contribution in [0.4, 0.5) is 0 Å². The lowest BCUT2D eigenvalue weighted by atomic mass is 10.0. The number of aromatic nitrogens is 5. The fraction of sp³-hybridized carbons (Fsp3) is 0.389. The fourth-order valence-corrected chi connectivity index (χ4v) is 3.68. The smallest absolute Gasteiger partial charge is 0.137 e. The highest BCUT2D eigenvalue weighted by atomic mass is 15.2. The predicted octanol–water partition coefficient (Wildman–Crippen LogP) is 2.94. The van der Waals surface area contributed by atoms with Crippen LogP contribution in [0, 0.1) is 13.8 Å². The number of nitrogens with one attached hydrogen (secondary N) is 1. The third-order valence-corrected chi connectivity index (χ3v) is 4.85. The van der Waals surface area contributed by atoms with Crippen molar-refractivity contribution in [2.75, 3.05) is 6.54 Å². The molecular weight excluding hydrogens is 300 g/mol. The lowest BCUT2D eigenvalue weighted by Gasteiger charge is -2.25. The van der Waals surface area contributed by atoms with Crippen LogP contribution in [-0.4, -0.2) is 36.2 Å². The third-order valence-electron chi connectivity index (χ3n) is 4.85. The van der Waals surface area contributed by atoms with E-state index in [2.05, 4.69) is 51.0 Å². The minimum Gasteiger partial charge on any atom is -0.292 e. The molecule has 0 aromatic carbocycles. The van der Waals surface area contributed by atoms with Gasteiger partial charge in [-0.15, -0.1) is 0 Å². The van der Waals surface area contributed by atoms with Crippen LogP contribution in [0.2, 0.25) is 0 Å². The van der Waals surface area contributed by atoms with Crippen molar-refractivity contribution >= 4 is 0 Å². The number of likely N-dealkylation sites (tertiary alicyclic amines) is 1. The van der Waals surface area contributed by atoms with Crippen LogP contribution in [0.1, 0.15) is 41.4 Å². The van der Waals surface area contributed by atoms with Gasteiger partial charge >= 0.3 is 0 Å². The molecule has 0 bridgehead atoms. The maximum atomic E-state index is 4.56. The summed E-state index contributed by atoms with van der Waals surface area (Å²) in [5.74, 6) is 0.899. The minimum atomic E-state index is 0.456. The number of aryl methyl sites for hydroxylation is 2. The molecule has 0 saturated carbocycles. The quantitative estimate of drug-likeness (QED) is 0.802. The zero-order valence-corrected chi connectivity index (χ0v) is 14.1. The lowest BCUT2D eigenvalue weighted by molar-refractivity contribution is 0.247. The molecule has 1 fully saturated rings. The average molecular weight is 322 g/mol. The van der Waals surface area contributed by atoms with E-state index in [9.17, 15) is 0 Å². The third kappa shape index (κ3) is 2.73. The van der Waals surface area contributed by atoms with Crippen LogP contribution in [0.5, 0.6) is 0 Å². The Labute approximate surface area is 141 Å². The summed E-state index contributed by atoms with van der Waals surface area (Å²) < 4.78 is 1.92. The van der Waals surface area contributed by atoms with Crippen molar-refractivity contribution in [1.82, 2.24) is 29.6 Å². The standard InChI is InChI=1S/C18H22N6/c1-13-18(14(2)22-21-13)16-4-3-8-23(16)11-15-5-6-17(20-10-15)24-9-7-19-12-24/h5-7,9-10,12,16H,3-4,8,11H2,1-2H3,(H,21,22). The van der Waals surface area contributed by atoms with Crippen molar-refractivity contribution in [3.8, 4) is 5.82 Å². The molecule has 4 rings (SSSR count). The molecule has 3 aromatic heterocycles. The van der Waals surface area contributed by atoms with Crippen molar-refractivity contribution in [3.05, 3.63) is 59.6 Å². The molecule has 6 heteroatoms. The predicted molar refractivity (Wildman–Crippen MR) is 91.8 cm³/mol. The first-order valence-electron chi connectivity index (χ1n) is 8.41. The van der Waals surface area contributed by atoms with E-state index in [1.54, 1.807) is 12.5 Å². The molecule has 1 aliphatic rings. The first kappa shape index (κ1) is 15.1. The van der Waals surface area contributed by atoms with Gasteiger partial charge in [-0.1, -0.05) is 6.07 Å². The summed E-state index contributed by atoms with van der Waals surface area (Å²) in [6.45, 7) is 6.26. The van der Waals surface area contributed by atoms with E-state index < -0.39 is 0 Å². The summed E-state index contributed by atoms with van der Waals surface area (Å²) in [6, 6.07) is 4.67. The summed E-state index contributed by atoms with van der Waals surface area (Å²) in [5.41, 5.74) is 4.93. The zero-order chi connectivity index (χ0) is 16.5. The molecule has 3 aromatic rings. The van der Waals surface area contributed by atoms with Gasteiger partial charge in [0.2, 0.25) is 0 Å². The van der Waals surface area contributed by atoms with Gasteiger partial charge in [0, 0.05) is 42.4 Å². The highest BCUT2D eigenvalue weighted by Gasteiger charge is 2.29. The highest BCUT2D eigenvalue weighted by molar-refractivity contribution is 5.29. The van der Waals surface area contributed by atoms with Crippen LogP contribution in [0.15, 0.2) is 37.1 Å². The molecule has 0 spiro atoms. The van der Waals surface area contributed by atoms with E-state index in [-0.39, 0.29) is 0 Å². The van der Waals surface area contributed by atoms with Gasteiger partial charge in [-0.3, -0.25) is 14.6 Å². The van der Waals surface area contributed by atoms with Crippen LogP contribution >= 0.6 is 0 Å². The van der Waals surface area contributed by atoms with E-state index in [1.165, 1.54) is 29.7 Å². The molecule has 1 aliphatic heterocycles. The Hall–Kier alpha value is -2.47. The summed E-state index contributed by atoms with van der Waals surface area (Å²) in [4.78, 5) is 11.2. The van der Waals surface area contributed by atoms with Crippen molar-refractivity contribution in [2.45, 2.75) is 39.3 Å². The summed E-state index contributed by atoms with van der Waals surface area (Å²) >= 11 is 0. The SMILES string of the molecule is Cc1n[nH]c(C)c1C1CCCN1Cc1ccc(-n2ccnc2)nc1. The molecule has 6 nitrogen and oxygen atoms in total. The van der Waals surface area contributed by atoms with Gasteiger partial charge in [0.15, 0.2) is 0 Å². The number of hydrogen-bond donors (Lipinski definition) is 1. The number of H-pyrrole nitrogens is 1. The Morgan fingerprint density at radius 1 is 1.29 bits per heavy atom. The van der Waals surface area contributed by atoms with Crippen molar-refractivity contribution in [1.29, 1.82) is 0 Å². The van der Waals surface area contributed by atoms with Crippen LogP contribution in [0.3, 0.4) is 0 Å². The number of pyridine rings is 1. The van der Waals surface area contributed by atoms with Gasteiger partial charge in [-0.25, -0.2) is 9.97 Å². The van der Waals surface area contributed by atoms with E-state index >= 15 is 0 Å². The fourth-order valence-electron chi connectivity index (χ4n) is 3.68. The maximum Gasteiger partial charge on any atom is 0.137 e. The molecule has 0 aliphatic carbocycles. The second kappa shape index (κ2) is 6.20. The Morgan fingerprint density at radius 3 is 2.88 bits per heavy atom. The summed E-state index contributed by atoms with van der Waals surface area (Å²) in [7, 11) is 0. The molecule has 1 unspecified atom stereocenters. The monoisotopic (exact) mass is 322 g/mol. The van der Waals surface area contributed by atoms with Crippen molar-refractivity contribution in [2.24, 2.45) is 0 Å². The summed E-state index contributed by atoms with van der Waals surface area (Å²) in [5, 5.41) is 7.49. The van der Waals surface area contributed by atoms with Crippen LogP contribution in [-0.2, 0) is 6.54 Å². The van der Waals surface area contributed by atoms with Crippen LogP contribution < -0.4 is 0 Å². The van der Waals surface area contributed by atoms with Gasteiger partial charge < -0.3 is 0 Å². The Kier molecular flexibility index (Phi) is 3.90. The Bertz CT molecular complexity index is 783. The molecule has 1 saturated heterocycles. The van der Waals surface area contributed by atoms with E-state index in [0.29, 0.717) is 6.04 Å². The minimum absolute atomic E-state index is 0.456. The zero-order valence-electron chi connectivity index (χ0n) is 14.1. The summed E-state index contributed by atoms with van der Waals surface area (Å²) in [6.07, 6.45) is 9.84. The number of nitrogens with zero attached hydrogens (tertiary/aromatic N) is 5. The lowest BCUT2D eigenvalue weighted by Crippen LogP contribution is -2.23. The van der Waals surface area contributed by atoms with Gasteiger partial charge in [-0.05, 0) is 44.9 Å². The van der Waals surface area contributed by atoms with Crippen molar-refractivity contribution < 1.29 is 0 Å². The molecule has 0 radical (unpaired) electrons. The first-order valence-corrected chi connectivity index (χ1v) is 8.41. The molecular formula is C18H22N6. The second-order valence-corrected chi connectivity index (χ2v) is 6.47. The molecule has 124 valence electrons. The van der Waals surface area contributed by atoms with E-state index in [1.807, 2.05) is 17.0 Å². The molecule has 1 N–H and O–H groups in total. The van der Waals surface area contributed by atoms with Gasteiger partial charge in [-0.2, -0.15) is 5.10 Å².